The number of benzene rings is 1. The summed E-state index contributed by atoms with van der Waals surface area (Å²) in [5.41, 5.74) is 7.21. The second-order valence-electron chi connectivity index (χ2n) is 3.86. The molecule has 0 fully saturated rings. The first-order valence-electron chi connectivity index (χ1n) is 5.28. The molecule has 5 heteroatoms. The SMILES string of the molecule is CC(C)=CCOc1ccc(CN)cc1[N+](=O)[O-]. The van der Waals surface area contributed by atoms with Gasteiger partial charge in [0.15, 0.2) is 5.75 Å². The Kier molecular flexibility index (Phi) is 4.66. The molecule has 0 saturated heterocycles. The van der Waals surface area contributed by atoms with E-state index in [0.717, 1.165) is 5.57 Å². The predicted molar refractivity (Wildman–Crippen MR) is 65.9 cm³/mol. The number of nitrogens with zero attached hydrogens (tertiary/aromatic N) is 1. The number of nitrogens with two attached hydrogens (primary N) is 1. The zero-order valence-corrected chi connectivity index (χ0v) is 9.97. The number of hydrogen-bond donors (Lipinski definition) is 1. The van der Waals surface area contributed by atoms with Crippen LogP contribution in [0.4, 0.5) is 5.69 Å². The summed E-state index contributed by atoms with van der Waals surface area (Å²) < 4.78 is 5.35. The number of rotatable bonds is 5. The van der Waals surface area contributed by atoms with Crippen LogP contribution < -0.4 is 10.5 Å². The first-order valence-corrected chi connectivity index (χ1v) is 5.28. The van der Waals surface area contributed by atoms with Crippen LogP contribution in [0.25, 0.3) is 0 Å². The maximum atomic E-state index is 10.9. The highest BCUT2D eigenvalue weighted by molar-refractivity contribution is 5.48. The molecule has 0 amide bonds. The summed E-state index contributed by atoms with van der Waals surface area (Å²) in [4.78, 5) is 10.4. The first-order chi connectivity index (χ1) is 8.04. The van der Waals surface area contributed by atoms with Crippen molar-refractivity contribution in [2.75, 3.05) is 6.61 Å². The van der Waals surface area contributed by atoms with Crippen LogP contribution in [0.3, 0.4) is 0 Å². The quantitative estimate of drug-likeness (QED) is 0.483. The van der Waals surface area contributed by atoms with Crippen LogP contribution in [-0.4, -0.2) is 11.5 Å². The van der Waals surface area contributed by atoms with Crippen molar-refractivity contribution >= 4 is 5.69 Å². The molecule has 0 aliphatic carbocycles. The van der Waals surface area contributed by atoms with Crippen molar-refractivity contribution in [3.05, 3.63) is 45.5 Å². The Hall–Kier alpha value is -1.88. The van der Waals surface area contributed by atoms with Crippen molar-refractivity contribution in [3.63, 3.8) is 0 Å². The molecule has 17 heavy (non-hydrogen) atoms. The molecule has 0 aliphatic heterocycles. The molecule has 0 aromatic heterocycles. The van der Waals surface area contributed by atoms with Gasteiger partial charge in [-0.1, -0.05) is 11.6 Å². The number of allylic oxidation sites excluding steroid dienone is 1. The van der Waals surface area contributed by atoms with Crippen molar-refractivity contribution < 1.29 is 9.66 Å². The second kappa shape index (κ2) is 6.00. The molecule has 0 unspecified atom stereocenters. The molecule has 0 aliphatic rings. The summed E-state index contributed by atoms with van der Waals surface area (Å²) >= 11 is 0. The molecular weight excluding hydrogens is 220 g/mol. The Labute approximate surface area is 100 Å². The lowest BCUT2D eigenvalue weighted by Gasteiger charge is -2.06. The second-order valence-corrected chi connectivity index (χ2v) is 3.86. The maximum Gasteiger partial charge on any atom is 0.311 e. The van der Waals surface area contributed by atoms with E-state index in [1.807, 2.05) is 19.9 Å². The highest BCUT2D eigenvalue weighted by Gasteiger charge is 2.15. The number of nitro groups is 1. The molecule has 1 aromatic rings. The van der Waals surface area contributed by atoms with Crippen LogP contribution in [0, 0.1) is 10.1 Å². The fourth-order valence-electron chi connectivity index (χ4n) is 1.25. The van der Waals surface area contributed by atoms with Gasteiger partial charge in [-0.05, 0) is 31.6 Å². The van der Waals surface area contributed by atoms with E-state index in [4.69, 9.17) is 10.5 Å². The van der Waals surface area contributed by atoms with Crippen LogP contribution >= 0.6 is 0 Å². The average Bonchev–Trinajstić information content (AvgIpc) is 2.28. The zero-order valence-electron chi connectivity index (χ0n) is 9.97. The first kappa shape index (κ1) is 13.2. The maximum absolute atomic E-state index is 10.9. The van der Waals surface area contributed by atoms with Crippen molar-refractivity contribution in [2.24, 2.45) is 5.73 Å². The topological polar surface area (TPSA) is 78.4 Å². The minimum Gasteiger partial charge on any atom is -0.483 e. The van der Waals surface area contributed by atoms with Gasteiger partial charge in [-0.25, -0.2) is 0 Å². The normalized spacial score (nSPS) is 9.82. The minimum atomic E-state index is -0.461. The Morgan fingerprint density at radius 2 is 2.24 bits per heavy atom. The third-order valence-corrected chi connectivity index (χ3v) is 2.19. The smallest absolute Gasteiger partial charge is 0.311 e. The van der Waals surface area contributed by atoms with Crippen LogP contribution in [0.15, 0.2) is 29.8 Å². The third kappa shape index (κ3) is 3.88. The van der Waals surface area contributed by atoms with Crippen molar-refractivity contribution in [1.82, 2.24) is 0 Å². The number of nitro benzene ring substituents is 1. The predicted octanol–water partition coefficient (Wildman–Crippen LogP) is 2.40. The largest absolute Gasteiger partial charge is 0.483 e. The van der Waals surface area contributed by atoms with Gasteiger partial charge in [0, 0.05) is 12.6 Å². The summed E-state index contributed by atoms with van der Waals surface area (Å²) in [5, 5.41) is 10.9. The molecule has 92 valence electrons. The summed E-state index contributed by atoms with van der Waals surface area (Å²) in [5.74, 6) is 0.268. The van der Waals surface area contributed by atoms with E-state index >= 15 is 0 Å². The molecule has 0 atom stereocenters. The Morgan fingerprint density at radius 1 is 1.53 bits per heavy atom. The van der Waals surface area contributed by atoms with Crippen LogP contribution in [0.1, 0.15) is 19.4 Å². The van der Waals surface area contributed by atoms with Gasteiger partial charge in [-0.15, -0.1) is 0 Å². The molecule has 0 saturated carbocycles. The van der Waals surface area contributed by atoms with E-state index in [1.54, 1.807) is 12.1 Å². The third-order valence-electron chi connectivity index (χ3n) is 2.19. The molecule has 1 rings (SSSR count). The van der Waals surface area contributed by atoms with Crippen LogP contribution in [0.5, 0.6) is 5.75 Å². The summed E-state index contributed by atoms with van der Waals surface area (Å²) in [6.07, 6.45) is 1.86. The average molecular weight is 236 g/mol. The molecule has 0 heterocycles. The number of ether oxygens (including phenoxy) is 1. The fourth-order valence-corrected chi connectivity index (χ4v) is 1.25. The van der Waals surface area contributed by atoms with E-state index in [1.165, 1.54) is 6.07 Å². The lowest BCUT2D eigenvalue weighted by molar-refractivity contribution is -0.385. The van der Waals surface area contributed by atoms with Gasteiger partial charge in [0.1, 0.15) is 6.61 Å². The molecular formula is C12H16N2O3. The summed E-state index contributed by atoms with van der Waals surface area (Å²) in [6.45, 7) is 4.48. The minimum absolute atomic E-state index is 0.0462. The summed E-state index contributed by atoms with van der Waals surface area (Å²) in [7, 11) is 0. The van der Waals surface area contributed by atoms with E-state index in [-0.39, 0.29) is 18.0 Å². The lowest BCUT2D eigenvalue weighted by atomic mass is 10.2. The standard InChI is InChI=1S/C12H16N2O3/c1-9(2)5-6-17-12-4-3-10(8-13)7-11(12)14(15)16/h3-5,7H,6,8,13H2,1-2H3. The molecule has 2 N–H and O–H groups in total. The van der Waals surface area contributed by atoms with Gasteiger partial charge < -0.3 is 10.5 Å². The lowest BCUT2D eigenvalue weighted by Crippen LogP contribution is -2.02. The van der Waals surface area contributed by atoms with Gasteiger partial charge in [0.05, 0.1) is 4.92 Å². The monoisotopic (exact) mass is 236 g/mol. The number of hydrogen-bond acceptors (Lipinski definition) is 4. The van der Waals surface area contributed by atoms with E-state index in [2.05, 4.69) is 0 Å². The molecule has 0 spiro atoms. The van der Waals surface area contributed by atoms with E-state index in [0.29, 0.717) is 12.2 Å². The van der Waals surface area contributed by atoms with Crippen LogP contribution in [0.2, 0.25) is 0 Å². The van der Waals surface area contributed by atoms with Gasteiger partial charge in [-0.3, -0.25) is 10.1 Å². The van der Waals surface area contributed by atoms with E-state index < -0.39 is 4.92 Å². The highest BCUT2D eigenvalue weighted by atomic mass is 16.6. The van der Waals surface area contributed by atoms with Gasteiger partial charge in [0.2, 0.25) is 0 Å². The van der Waals surface area contributed by atoms with Crippen LogP contribution in [-0.2, 0) is 6.54 Å². The van der Waals surface area contributed by atoms with Gasteiger partial charge >= 0.3 is 5.69 Å². The summed E-state index contributed by atoms with van der Waals surface area (Å²) in [6, 6.07) is 4.75. The molecule has 1 aromatic carbocycles. The van der Waals surface area contributed by atoms with Crippen molar-refractivity contribution in [1.29, 1.82) is 0 Å². The molecule has 0 bridgehead atoms. The Bertz CT molecular complexity index is 437. The highest BCUT2D eigenvalue weighted by Crippen LogP contribution is 2.27. The fraction of sp³-hybridized carbons (Fsp3) is 0.333. The Balaban J connectivity index is 2.91. The zero-order chi connectivity index (χ0) is 12.8. The Morgan fingerprint density at radius 3 is 2.76 bits per heavy atom. The van der Waals surface area contributed by atoms with Crippen molar-refractivity contribution in [3.8, 4) is 5.75 Å². The van der Waals surface area contributed by atoms with Gasteiger partial charge in [0.25, 0.3) is 0 Å². The molecule has 5 nitrogen and oxygen atoms in total. The molecule has 0 radical (unpaired) electrons. The van der Waals surface area contributed by atoms with E-state index in [9.17, 15) is 10.1 Å². The van der Waals surface area contributed by atoms with Crippen molar-refractivity contribution in [2.45, 2.75) is 20.4 Å². The van der Waals surface area contributed by atoms with Gasteiger partial charge in [-0.2, -0.15) is 0 Å².